The number of hydrogen-bond acceptors (Lipinski definition) is 7. The van der Waals surface area contributed by atoms with Crippen molar-refractivity contribution in [3.8, 4) is 11.3 Å². The molecule has 2 fully saturated rings. The zero-order valence-corrected chi connectivity index (χ0v) is 29.1. The summed E-state index contributed by atoms with van der Waals surface area (Å²) < 4.78 is 5.47. The zero-order valence-electron chi connectivity index (χ0n) is 28.3. The van der Waals surface area contributed by atoms with Crippen LogP contribution in [0.5, 0.6) is 0 Å². The molecule has 1 aromatic heterocycles. The van der Waals surface area contributed by atoms with Crippen molar-refractivity contribution in [2.45, 2.75) is 68.7 Å². The lowest BCUT2D eigenvalue weighted by atomic mass is 9.84. The number of nitrogens with zero attached hydrogens (tertiary/aromatic N) is 3. The Balaban J connectivity index is 1.24. The van der Waals surface area contributed by atoms with E-state index in [1.165, 1.54) is 32.1 Å². The summed E-state index contributed by atoms with van der Waals surface area (Å²) in [6, 6.07) is 28.5. The third kappa shape index (κ3) is 8.46. The van der Waals surface area contributed by atoms with Crippen LogP contribution in [0.4, 0.5) is 0 Å². The van der Waals surface area contributed by atoms with Gasteiger partial charge in [-0.2, -0.15) is 0 Å². The fourth-order valence-electron chi connectivity index (χ4n) is 7.18. The largest absolute Gasteiger partial charge is 0.465 e. The summed E-state index contributed by atoms with van der Waals surface area (Å²) in [6.07, 6.45) is 6.12. The number of nitrogens with one attached hydrogen (secondary N) is 1. The van der Waals surface area contributed by atoms with Crippen molar-refractivity contribution in [3.63, 3.8) is 0 Å². The van der Waals surface area contributed by atoms with Crippen LogP contribution in [0.2, 0.25) is 0 Å². The number of para-hydroxylation sites is 1. The molecule has 1 N–H and O–H groups in total. The first kappa shape index (κ1) is 34.2. The van der Waals surface area contributed by atoms with Gasteiger partial charge in [0.25, 0.3) is 5.91 Å². The highest BCUT2D eigenvalue weighted by Gasteiger charge is 2.30. The second-order valence-electron chi connectivity index (χ2n) is 13.1. The fourth-order valence-corrected chi connectivity index (χ4v) is 8.27. The molecule has 1 unspecified atom stereocenters. The number of carbonyl (C=O) groups is 2. The Morgan fingerprint density at radius 3 is 2.23 bits per heavy atom. The average Bonchev–Trinajstić information content (AvgIpc) is 3.13. The highest BCUT2D eigenvalue weighted by Crippen LogP contribution is 2.33. The summed E-state index contributed by atoms with van der Waals surface area (Å²) in [4.78, 5) is 38.4. The van der Waals surface area contributed by atoms with E-state index < -0.39 is 0 Å². The molecule has 6 rings (SSSR count). The van der Waals surface area contributed by atoms with E-state index in [1.807, 2.05) is 79.7 Å². The van der Waals surface area contributed by atoms with Crippen LogP contribution in [-0.2, 0) is 16.1 Å². The minimum absolute atomic E-state index is 0.00675. The highest BCUT2D eigenvalue weighted by molar-refractivity contribution is 8.00. The maximum Gasteiger partial charge on any atom is 0.320 e. The van der Waals surface area contributed by atoms with E-state index in [1.54, 1.807) is 11.8 Å². The summed E-state index contributed by atoms with van der Waals surface area (Å²) >= 11 is 1.57. The van der Waals surface area contributed by atoms with Gasteiger partial charge < -0.3 is 10.1 Å². The Morgan fingerprint density at radius 1 is 0.875 bits per heavy atom. The van der Waals surface area contributed by atoms with E-state index in [-0.39, 0.29) is 23.2 Å². The number of benzene rings is 3. The van der Waals surface area contributed by atoms with Crippen molar-refractivity contribution in [1.82, 2.24) is 20.1 Å². The number of fused-ring (bicyclic) bond motifs is 1. The molecule has 1 aliphatic carbocycles. The average molecular weight is 665 g/mol. The number of ether oxygens (including phenoxy) is 1. The predicted molar refractivity (Wildman–Crippen MR) is 195 cm³/mol. The molecule has 0 radical (unpaired) electrons. The normalized spacial score (nSPS) is 17.5. The number of thioether (sulfide) groups is 1. The molecule has 0 spiro atoms. The van der Waals surface area contributed by atoms with Gasteiger partial charge in [-0.1, -0.05) is 86.0 Å². The van der Waals surface area contributed by atoms with Gasteiger partial charge in [-0.25, -0.2) is 4.98 Å². The molecule has 8 heteroatoms. The van der Waals surface area contributed by atoms with E-state index >= 15 is 0 Å². The van der Waals surface area contributed by atoms with E-state index in [4.69, 9.17) is 9.72 Å². The molecule has 2 atom stereocenters. The van der Waals surface area contributed by atoms with Crippen LogP contribution < -0.4 is 5.32 Å². The van der Waals surface area contributed by atoms with Crippen LogP contribution in [0.25, 0.3) is 22.2 Å². The number of esters is 1. The molecular formula is C40H48N4O3S. The smallest absolute Gasteiger partial charge is 0.320 e. The highest BCUT2D eigenvalue weighted by atomic mass is 32.2. The first-order valence-electron chi connectivity index (χ1n) is 17.6. The summed E-state index contributed by atoms with van der Waals surface area (Å²) in [5.41, 5.74) is 4.44. The minimum atomic E-state index is -0.297. The van der Waals surface area contributed by atoms with Crippen LogP contribution >= 0.6 is 11.8 Å². The van der Waals surface area contributed by atoms with Gasteiger partial charge in [0, 0.05) is 66.7 Å². The first-order chi connectivity index (χ1) is 23.5. The minimum Gasteiger partial charge on any atom is -0.465 e. The first-order valence-corrected chi connectivity index (χ1v) is 18.5. The Bertz CT molecular complexity index is 1650. The van der Waals surface area contributed by atoms with E-state index in [9.17, 15) is 9.59 Å². The SMILES string of the molecule is CCOC(=O)C(CN1CCN(Cc2c(-c3ccccc3)nc3ccccc3c2C(=O)N[C@@H](C)C2CCCCC2)CC1)Sc1ccccc1. The standard InChI is InChI=1S/C40H48N4O3S/c1-3-47-40(46)36(48-32-19-11-6-12-20-32)28-44-25-23-43(24-26-44)27-34-37(39(45)41-29(2)30-15-7-4-8-16-30)33-21-13-14-22-35(33)42-38(34)31-17-9-5-10-18-31/h5-6,9-14,17-22,29-30,36H,3-4,7-8,15-16,23-28H2,1-2H3,(H,41,45)/t29-,36?/m0/s1. The van der Waals surface area contributed by atoms with Crippen molar-refractivity contribution in [2.24, 2.45) is 5.92 Å². The molecule has 4 aromatic rings. The predicted octanol–water partition coefficient (Wildman–Crippen LogP) is 7.44. The molecule has 2 aliphatic rings. The second-order valence-corrected chi connectivity index (χ2v) is 14.4. The van der Waals surface area contributed by atoms with Gasteiger partial charge in [-0.15, -0.1) is 11.8 Å². The van der Waals surface area contributed by atoms with Crippen LogP contribution in [-0.4, -0.2) is 77.3 Å². The lowest BCUT2D eigenvalue weighted by Crippen LogP contribution is -2.49. The summed E-state index contributed by atoms with van der Waals surface area (Å²) in [6.45, 7) is 8.96. The molecule has 7 nitrogen and oxygen atoms in total. The van der Waals surface area contributed by atoms with Crippen LogP contribution in [0.1, 0.15) is 61.9 Å². The van der Waals surface area contributed by atoms with Gasteiger partial charge in [-0.05, 0) is 50.8 Å². The fraction of sp³-hybridized carbons (Fsp3) is 0.425. The molecule has 1 amide bonds. The molecule has 0 bridgehead atoms. The van der Waals surface area contributed by atoms with Gasteiger partial charge in [0.2, 0.25) is 0 Å². The van der Waals surface area contributed by atoms with Gasteiger partial charge in [0.05, 0.1) is 23.4 Å². The Kier molecular flexibility index (Phi) is 11.8. The number of amides is 1. The number of aromatic nitrogens is 1. The quantitative estimate of drug-likeness (QED) is 0.125. The lowest BCUT2D eigenvalue weighted by molar-refractivity contribution is -0.142. The van der Waals surface area contributed by atoms with Gasteiger partial charge >= 0.3 is 5.97 Å². The number of rotatable bonds is 12. The molecular weight excluding hydrogens is 617 g/mol. The molecule has 252 valence electrons. The van der Waals surface area contributed by atoms with E-state index in [2.05, 4.69) is 34.2 Å². The van der Waals surface area contributed by atoms with E-state index in [0.717, 1.165) is 64.4 Å². The summed E-state index contributed by atoms with van der Waals surface area (Å²) in [5.74, 6) is 0.341. The zero-order chi connectivity index (χ0) is 33.3. The molecule has 3 aromatic carbocycles. The third-order valence-electron chi connectivity index (χ3n) is 9.82. The van der Waals surface area contributed by atoms with Crippen LogP contribution in [0.3, 0.4) is 0 Å². The second kappa shape index (κ2) is 16.6. The summed E-state index contributed by atoms with van der Waals surface area (Å²) in [5, 5.41) is 4.05. The van der Waals surface area contributed by atoms with Crippen molar-refractivity contribution < 1.29 is 14.3 Å². The monoisotopic (exact) mass is 664 g/mol. The topological polar surface area (TPSA) is 74.8 Å². The van der Waals surface area contributed by atoms with Crippen LogP contribution in [0, 0.1) is 5.92 Å². The van der Waals surface area contributed by atoms with Crippen molar-refractivity contribution >= 4 is 34.5 Å². The number of carbonyl (C=O) groups excluding carboxylic acids is 2. The molecule has 1 aliphatic heterocycles. The molecule has 2 heterocycles. The maximum absolute atomic E-state index is 14.4. The van der Waals surface area contributed by atoms with Gasteiger partial charge in [0.15, 0.2) is 0 Å². The van der Waals surface area contributed by atoms with Crippen molar-refractivity contribution in [1.29, 1.82) is 0 Å². The molecule has 1 saturated heterocycles. The van der Waals surface area contributed by atoms with Gasteiger partial charge in [-0.3, -0.25) is 19.4 Å². The third-order valence-corrected chi connectivity index (χ3v) is 11.0. The number of pyridine rings is 1. The van der Waals surface area contributed by atoms with Gasteiger partial charge in [0.1, 0.15) is 5.25 Å². The number of piperazine rings is 1. The maximum atomic E-state index is 14.4. The van der Waals surface area contributed by atoms with E-state index in [0.29, 0.717) is 25.6 Å². The molecule has 48 heavy (non-hydrogen) atoms. The Labute approximate surface area is 289 Å². The lowest BCUT2D eigenvalue weighted by Gasteiger charge is -2.36. The van der Waals surface area contributed by atoms with Crippen molar-refractivity contribution in [2.75, 3.05) is 39.3 Å². The number of hydrogen-bond donors (Lipinski definition) is 1. The molecule has 1 saturated carbocycles. The summed E-state index contributed by atoms with van der Waals surface area (Å²) in [7, 11) is 0. The Morgan fingerprint density at radius 2 is 1.52 bits per heavy atom. The van der Waals surface area contributed by atoms with Crippen molar-refractivity contribution in [3.05, 3.63) is 96.1 Å². The van der Waals surface area contributed by atoms with Crippen LogP contribution in [0.15, 0.2) is 89.8 Å². The Hall–Kier alpha value is -3.72.